The van der Waals surface area contributed by atoms with Crippen molar-refractivity contribution in [1.29, 1.82) is 0 Å². The van der Waals surface area contributed by atoms with E-state index in [2.05, 4.69) is 39.5 Å². The Morgan fingerprint density at radius 1 is 1.36 bits per heavy atom. The van der Waals surface area contributed by atoms with Gasteiger partial charge in [-0.25, -0.2) is 0 Å². The maximum absolute atomic E-state index is 3.67. The maximum Gasteiger partial charge on any atom is -0.0207 e. The largest absolute Gasteiger partial charge is 0.0991 e. The van der Waals surface area contributed by atoms with Crippen LogP contribution in [0.4, 0.5) is 0 Å². The Morgan fingerprint density at radius 2 is 2.00 bits per heavy atom. The van der Waals surface area contributed by atoms with Crippen molar-refractivity contribution in [2.75, 3.05) is 0 Å². The molecule has 0 fully saturated rings. The Labute approximate surface area is 71.0 Å². The minimum atomic E-state index is 0.734. The third-order valence-corrected chi connectivity index (χ3v) is 1.97. The van der Waals surface area contributed by atoms with Gasteiger partial charge in [0.05, 0.1) is 0 Å². The molecule has 1 atom stereocenters. The van der Waals surface area contributed by atoms with E-state index in [-0.39, 0.29) is 0 Å². The lowest BCUT2D eigenvalue weighted by Gasteiger charge is -2.14. The van der Waals surface area contributed by atoms with Crippen LogP contribution in [0.15, 0.2) is 24.8 Å². The molecule has 0 rings (SSSR count). The van der Waals surface area contributed by atoms with Crippen molar-refractivity contribution in [2.24, 2.45) is 11.8 Å². The highest BCUT2D eigenvalue weighted by Crippen LogP contribution is 2.18. The van der Waals surface area contributed by atoms with Crippen LogP contribution >= 0.6 is 0 Å². The molecule has 0 aromatic rings. The Bertz CT molecular complexity index is 120. The first-order valence-electron chi connectivity index (χ1n) is 4.51. The van der Waals surface area contributed by atoms with Crippen molar-refractivity contribution in [3.05, 3.63) is 24.8 Å². The van der Waals surface area contributed by atoms with Crippen molar-refractivity contribution in [2.45, 2.75) is 33.6 Å². The van der Waals surface area contributed by atoms with Gasteiger partial charge >= 0.3 is 0 Å². The van der Waals surface area contributed by atoms with Crippen LogP contribution in [-0.4, -0.2) is 0 Å². The van der Waals surface area contributed by atoms with Crippen LogP contribution in [0.2, 0.25) is 0 Å². The minimum Gasteiger partial charge on any atom is -0.0991 e. The van der Waals surface area contributed by atoms with Crippen LogP contribution in [0.25, 0.3) is 0 Å². The molecule has 0 saturated heterocycles. The van der Waals surface area contributed by atoms with Gasteiger partial charge in [0.2, 0.25) is 0 Å². The molecular weight excluding hydrogens is 132 g/mol. The first kappa shape index (κ1) is 10.5. The molecule has 0 saturated carbocycles. The zero-order valence-electron chi connectivity index (χ0n) is 8.01. The predicted molar refractivity (Wildman–Crippen MR) is 52.6 cm³/mol. The standard InChI is InChI=1S/C11H20/c1-5-7-9-11(8-6-2)10(3)4/h5,7,9-11H,1,6,8H2,2-4H3/b9-7-. The highest BCUT2D eigenvalue weighted by atomic mass is 14.1. The molecular formula is C11H20. The van der Waals surface area contributed by atoms with Crippen LogP contribution in [0, 0.1) is 11.8 Å². The lowest BCUT2D eigenvalue weighted by Crippen LogP contribution is -2.04. The second kappa shape index (κ2) is 6.21. The van der Waals surface area contributed by atoms with Gasteiger partial charge in [-0.2, -0.15) is 0 Å². The quantitative estimate of drug-likeness (QED) is 0.526. The Kier molecular flexibility index (Phi) is 5.91. The van der Waals surface area contributed by atoms with Crippen LogP contribution in [-0.2, 0) is 0 Å². The molecule has 11 heavy (non-hydrogen) atoms. The van der Waals surface area contributed by atoms with Gasteiger partial charge in [-0.1, -0.05) is 52.0 Å². The first-order chi connectivity index (χ1) is 5.22. The lowest BCUT2D eigenvalue weighted by atomic mass is 9.91. The fourth-order valence-corrected chi connectivity index (χ4v) is 1.21. The maximum atomic E-state index is 3.67. The molecule has 0 heterocycles. The van der Waals surface area contributed by atoms with Crippen molar-refractivity contribution in [3.63, 3.8) is 0 Å². The molecule has 0 spiro atoms. The van der Waals surface area contributed by atoms with Crippen molar-refractivity contribution in [1.82, 2.24) is 0 Å². The topological polar surface area (TPSA) is 0 Å². The van der Waals surface area contributed by atoms with Crippen LogP contribution in [0.5, 0.6) is 0 Å². The van der Waals surface area contributed by atoms with E-state index in [1.165, 1.54) is 12.8 Å². The summed E-state index contributed by atoms with van der Waals surface area (Å²) in [7, 11) is 0. The number of hydrogen-bond acceptors (Lipinski definition) is 0. The molecule has 0 radical (unpaired) electrons. The van der Waals surface area contributed by atoms with E-state index in [0.29, 0.717) is 0 Å². The Morgan fingerprint density at radius 3 is 2.36 bits per heavy atom. The van der Waals surface area contributed by atoms with Gasteiger partial charge in [-0.3, -0.25) is 0 Å². The highest BCUT2D eigenvalue weighted by molar-refractivity contribution is 5.00. The molecule has 0 aliphatic heterocycles. The summed E-state index contributed by atoms with van der Waals surface area (Å²) in [6, 6.07) is 0. The molecule has 0 amide bonds. The van der Waals surface area contributed by atoms with Gasteiger partial charge in [-0.15, -0.1) is 0 Å². The molecule has 0 heteroatoms. The molecule has 0 aliphatic carbocycles. The SMILES string of the molecule is C=C/C=C\C(CCC)C(C)C. The normalized spacial score (nSPS) is 14.2. The molecule has 0 N–H and O–H groups in total. The van der Waals surface area contributed by atoms with Crippen LogP contribution < -0.4 is 0 Å². The average Bonchev–Trinajstić information content (AvgIpc) is 1.97. The summed E-state index contributed by atoms with van der Waals surface area (Å²) in [5.41, 5.74) is 0. The van der Waals surface area contributed by atoms with Crippen molar-refractivity contribution >= 4 is 0 Å². The van der Waals surface area contributed by atoms with E-state index in [1.807, 2.05) is 6.08 Å². The number of allylic oxidation sites excluding steroid dienone is 3. The van der Waals surface area contributed by atoms with Crippen LogP contribution in [0.1, 0.15) is 33.6 Å². The summed E-state index contributed by atoms with van der Waals surface area (Å²) in [6.07, 6.45) is 8.73. The fraction of sp³-hybridized carbons (Fsp3) is 0.636. The molecule has 64 valence electrons. The highest BCUT2D eigenvalue weighted by Gasteiger charge is 2.06. The van der Waals surface area contributed by atoms with Gasteiger partial charge in [0.25, 0.3) is 0 Å². The van der Waals surface area contributed by atoms with E-state index in [1.54, 1.807) is 0 Å². The second-order valence-electron chi connectivity index (χ2n) is 3.32. The van der Waals surface area contributed by atoms with Gasteiger partial charge in [0, 0.05) is 0 Å². The second-order valence-corrected chi connectivity index (χ2v) is 3.32. The van der Waals surface area contributed by atoms with Gasteiger partial charge < -0.3 is 0 Å². The Hall–Kier alpha value is -0.520. The zero-order valence-corrected chi connectivity index (χ0v) is 8.01. The summed E-state index contributed by atoms with van der Waals surface area (Å²) < 4.78 is 0. The van der Waals surface area contributed by atoms with E-state index < -0.39 is 0 Å². The van der Waals surface area contributed by atoms with Gasteiger partial charge in [0.1, 0.15) is 0 Å². The fourth-order valence-electron chi connectivity index (χ4n) is 1.21. The minimum absolute atomic E-state index is 0.734. The molecule has 0 aromatic carbocycles. The molecule has 0 nitrogen and oxygen atoms in total. The van der Waals surface area contributed by atoms with E-state index >= 15 is 0 Å². The third-order valence-electron chi connectivity index (χ3n) is 1.97. The van der Waals surface area contributed by atoms with Crippen molar-refractivity contribution in [3.8, 4) is 0 Å². The molecule has 0 aromatic heterocycles. The summed E-state index contributed by atoms with van der Waals surface area (Å²) in [5, 5.41) is 0. The molecule has 0 bridgehead atoms. The van der Waals surface area contributed by atoms with Crippen molar-refractivity contribution < 1.29 is 0 Å². The van der Waals surface area contributed by atoms with Crippen LogP contribution in [0.3, 0.4) is 0 Å². The number of hydrogen-bond donors (Lipinski definition) is 0. The lowest BCUT2D eigenvalue weighted by molar-refractivity contribution is 0.432. The smallest absolute Gasteiger partial charge is 0.0207 e. The summed E-state index contributed by atoms with van der Waals surface area (Å²) in [5.74, 6) is 1.49. The first-order valence-corrected chi connectivity index (χ1v) is 4.51. The summed E-state index contributed by atoms with van der Waals surface area (Å²) in [6.45, 7) is 10.4. The van der Waals surface area contributed by atoms with E-state index in [9.17, 15) is 0 Å². The Balaban J connectivity index is 3.87. The summed E-state index contributed by atoms with van der Waals surface area (Å²) >= 11 is 0. The zero-order chi connectivity index (χ0) is 8.69. The predicted octanol–water partition coefficient (Wildman–Crippen LogP) is 3.80. The molecule has 0 aliphatic rings. The molecule has 1 unspecified atom stereocenters. The average molecular weight is 152 g/mol. The monoisotopic (exact) mass is 152 g/mol. The number of rotatable bonds is 5. The summed E-state index contributed by atoms with van der Waals surface area (Å²) in [4.78, 5) is 0. The van der Waals surface area contributed by atoms with E-state index in [4.69, 9.17) is 0 Å². The van der Waals surface area contributed by atoms with Gasteiger partial charge in [0.15, 0.2) is 0 Å². The van der Waals surface area contributed by atoms with E-state index in [0.717, 1.165) is 11.8 Å². The van der Waals surface area contributed by atoms with Gasteiger partial charge in [-0.05, 0) is 18.3 Å². The third kappa shape index (κ3) is 4.83.